The fourth-order valence-corrected chi connectivity index (χ4v) is 3.57. The van der Waals surface area contributed by atoms with Crippen LogP contribution in [-0.2, 0) is 4.74 Å². The highest BCUT2D eigenvalue weighted by Gasteiger charge is 2.26. The van der Waals surface area contributed by atoms with Crippen molar-refractivity contribution in [2.75, 3.05) is 59.9 Å². The van der Waals surface area contributed by atoms with Gasteiger partial charge in [-0.05, 0) is 52.1 Å². The fraction of sp³-hybridized carbons (Fsp3) is 0.905. The Morgan fingerprint density at radius 1 is 1.32 bits per heavy atom. The maximum atomic E-state index is 12.1. The van der Waals surface area contributed by atoms with Gasteiger partial charge in [-0.3, -0.25) is 4.99 Å². The predicted octanol–water partition coefficient (Wildman–Crippen LogP) is 2.73. The van der Waals surface area contributed by atoms with E-state index in [9.17, 15) is 4.79 Å². The molecular weight excluding hydrogens is 354 g/mol. The molecule has 0 bridgehead atoms. The molecule has 0 aromatic carbocycles. The van der Waals surface area contributed by atoms with E-state index in [1.165, 1.54) is 6.42 Å². The smallest absolute Gasteiger partial charge is 0.410 e. The summed E-state index contributed by atoms with van der Waals surface area (Å²) in [7, 11) is 3.63. The van der Waals surface area contributed by atoms with Crippen molar-refractivity contribution >= 4 is 12.1 Å². The van der Waals surface area contributed by atoms with Gasteiger partial charge in [0.15, 0.2) is 5.96 Å². The van der Waals surface area contributed by atoms with Gasteiger partial charge < -0.3 is 24.8 Å². The first-order chi connectivity index (χ1) is 13.1. The Morgan fingerprint density at radius 3 is 2.50 bits per heavy atom. The van der Waals surface area contributed by atoms with Crippen LogP contribution < -0.4 is 5.32 Å². The van der Waals surface area contributed by atoms with Gasteiger partial charge in [0.2, 0.25) is 0 Å². The number of guanidine groups is 1. The van der Waals surface area contributed by atoms with Crippen LogP contribution in [0.15, 0.2) is 4.99 Å². The zero-order valence-electron chi connectivity index (χ0n) is 19.4. The summed E-state index contributed by atoms with van der Waals surface area (Å²) in [5, 5.41) is 3.49. The Balaban J connectivity index is 2.42. The van der Waals surface area contributed by atoms with E-state index in [4.69, 9.17) is 4.74 Å². The number of amides is 1. The quantitative estimate of drug-likeness (QED) is 0.504. The first-order valence-corrected chi connectivity index (χ1v) is 10.7. The van der Waals surface area contributed by atoms with Crippen molar-refractivity contribution in [1.82, 2.24) is 20.0 Å². The van der Waals surface area contributed by atoms with Crippen molar-refractivity contribution in [1.29, 1.82) is 0 Å². The number of rotatable bonds is 8. The maximum absolute atomic E-state index is 12.1. The Morgan fingerprint density at radius 2 is 1.96 bits per heavy atom. The van der Waals surface area contributed by atoms with E-state index < -0.39 is 5.60 Å². The third kappa shape index (κ3) is 8.67. The zero-order valence-corrected chi connectivity index (χ0v) is 19.4. The molecule has 1 aliphatic rings. The van der Waals surface area contributed by atoms with Crippen LogP contribution >= 0.6 is 0 Å². The van der Waals surface area contributed by atoms with Gasteiger partial charge in [0.05, 0.1) is 0 Å². The standard InChI is InChI=1S/C21H43N5O2/c1-9-25(10-2)15-18-11-12-26(16-18)19(22-7)23-13-17(3)14-24(8)20(27)28-21(4,5)6/h17-18H,9-16H2,1-8H3,(H,22,23). The number of likely N-dealkylation sites (tertiary alicyclic amines) is 1. The molecule has 1 fully saturated rings. The second-order valence-electron chi connectivity index (χ2n) is 8.98. The van der Waals surface area contributed by atoms with Crippen molar-refractivity contribution < 1.29 is 9.53 Å². The molecule has 0 aromatic rings. The van der Waals surface area contributed by atoms with Crippen LogP contribution in [0.5, 0.6) is 0 Å². The number of aliphatic imine (C=N–C) groups is 1. The molecule has 0 radical (unpaired) electrons. The first kappa shape index (κ1) is 24.5. The third-order valence-electron chi connectivity index (χ3n) is 5.11. The summed E-state index contributed by atoms with van der Waals surface area (Å²) in [6, 6.07) is 0. The molecule has 2 unspecified atom stereocenters. The van der Waals surface area contributed by atoms with Crippen LogP contribution in [0.3, 0.4) is 0 Å². The number of carbonyl (C=O) groups is 1. The van der Waals surface area contributed by atoms with Gasteiger partial charge in [-0.25, -0.2) is 4.79 Å². The van der Waals surface area contributed by atoms with E-state index in [-0.39, 0.29) is 6.09 Å². The van der Waals surface area contributed by atoms with Crippen LogP contribution in [-0.4, -0.2) is 92.3 Å². The van der Waals surface area contributed by atoms with E-state index in [0.717, 1.165) is 45.2 Å². The molecule has 2 atom stereocenters. The van der Waals surface area contributed by atoms with Crippen LogP contribution in [0.25, 0.3) is 0 Å². The zero-order chi connectivity index (χ0) is 21.3. The van der Waals surface area contributed by atoms with Gasteiger partial charge in [-0.1, -0.05) is 20.8 Å². The lowest BCUT2D eigenvalue weighted by Gasteiger charge is -2.28. The lowest BCUT2D eigenvalue weighted by atomic mass is 10.1. The fourth-order valence-electron chi connectivity index (χ4n) is 3.57. The Labute approximate surface area is 172 Å². The summed E-state index contributed by atoms with van der Waals surface area (Å²) in [5.74, 6) is 1.96. The molecule has 1 heterocycles. The van der Waals surface area contributed by atoms with Crippen LogP contribution in [0.2, 0.25) is 0 Å². The summed E-state index contributed by atoms with van der Waals surface area (Å²) in [4.78, 5) is 23.1. The predicted molar refractivity (Wildman–Crippen MR) is 117 cm³/mol. The van der Waals surface area contributed by atoms with E-state index in [1.807, 2.05) is 27.8 Å². The first-order valence-electron chi connectivity index (χ1n) is 10.7. The highest BCUT2D eigenvalue weighted by Crippen LogP contribution is 2.17. The number of ether oxygens (including phenoxy) is 1. The topological polar surface area (TPSA) is 60.4 Å². The molecule has 28 heavy (non-hydrogen) atoms. The number of carbonyl (C=O) groups excluding carboxylic acids is 1. The van der Waals surface area contributed by atoms with Crippen molar-refractivity contribution in [2.45, 2.75) is 53.6 Å². The summed E-state index contributed by atoms with van der Waals surface area (Å²) < 4.78 is 5.42. The third-order valence-corrected chi connectivity index (χ3v) is 5.11. The van der Waals surface area contributed by atoms with E-state index in [2.05, 4.69) is 40.9 Å². The van der Waals surface area contributed by atoms with Crippen molar-refractivity contribution in [2.24, 2.45) is 16.8 Å². The molecule has 0 aliphatic carbocycles. The molecule has 1 amide bonds. The Kier molecular flexibility index (Phi) is 10.1. The van der Waals surface area contributed by atoms with Crippen molar-refractivity contribution in [3.05, 3.63) is 0 Å². The summed E-state index contributed by atoms with van der Waals surface area (Å²) in [6.07, 6.45) is 0.941. The average Bonchev–Trinajstić information content (AvgIpc) is 3.07. The molecule has 7 heteroatoms. The number of nitrogens with one attached hydrogen (secondary N) is 1. The minimum Gasteiger partial charge on any atom is -0.444 e. The Hall–Kier alpha value is -1.50. The second-order valence-corrected chi connectivity index (χ2v) is 8.98. The molecular formula is C21H43N5O2. The van der Waals surface area contributed by atoms with Crippen LogP contribution in [0, 0.1) is 11.8 Å². The highest BCUT2D eigenvalue weighted by atomic mass is 16.6. The lowest BCUT2D eigenvalue weighted by Crippen LogP contribution is -2.44. The van der Waals surface area contributed by atoms with Crippen molar-refractivity contribution in [3.8, 4) is 0 Å². The summed E-state index contributed by atoms with van der Waals surface area (Å²) in [5.41, 5.74) is -0.466. The molecule has 1 saturated heterocycles. The molecule has 0 aromatic heterocycles. The van der Waals surface area contributed by atoms with E-state index in [1.54, 1.807) is 11.9 Å². The van der Waals surface area contributed by atoms with Gasteiger partial charge in [0.1, 0.15) is 5.60 Å². The Bertz CT molecular complexity index is 500. The SMILES string of the molecule is CCN(CC)CC1CCN(C(=NC)NCC(C)CN(C)C(=O)OC(C)(C)C)C1. The molecule has 7 nitrogen and oxygen atoms in total. The van der Waals surface area contributed by atoms with Gasteiger partial charge in [-0.2, -0.15) is 0 Å². The normalized spacial score (nSPS) is 19.1. The molecule has 1 aliphatic heterocycles. The monoisotopic (exact) mass is 397 g/mol. The molecule has 164 valence electrons. The largest absolute Gasteiger partial charge is 0.444 e. The van der Waals surface area contributed by atoms with Gasteiger partial charge in [0.25, 0.3) is 0 Å². The van der Waals surface area contributed by atoms with Crippen LogP contribution in [0.4, 0.5) is 4.79 Å². The molecule has 1 rings (SSSR count). The molecule has 1 N–H and O–H groups in total. The van der Waals surface area contributed by atoms with Gasteiger partial charge in [0, 0.05) is 46.8 Å². The summed E-state index contributed by atoms with van der Waals surface area (Å²) in [6.45, 7) is 19.2. The second kappa shape index (κ2) is 11.5. The minimum atomic E-state index is -0.466. The van der Waals surface area contributed by atoms with Crippen LogP contribution in [0.1, 0.15) is 48.0 Å². The number of hydrogen-bond donors (Lipinski definition) is 1. The average molecular weight is 398 g/mol. The van der Waals surface area contributed by atoms with Gasteiger partial charge >= 0.3 is 6.09 Å². The number of hydrogen-bond acceptors (Lipinski definition) is 4. The number of nitrogens with zero attached hydrogens (tertiary/aromatic N) is 4. The molecule has 0 spiro atoms. The van der Waals surface area contributed by atoms with E-state index >= 15 is 0 Å². The molecule has 0 saturated carbocycles. The lowest BCUT2D eigenvalue weighted by molar-refractivity contribution is 0.0278. The minimum absolute atomic E-state index is 0.275. The van der Waals surface area contributed by atoms with Crippen molar-refractivity contribution in [3.63, 3.8) is 0 Å². The maximum Gasteiger partial charge on any atom is 0.410 e. The van der Waals surface area contributed by atoms with Gasteiger partial charge in [-0.15, -0.1) is 0 Å². The highest BCUT2D eigenvalue weighted by molar-refractivity contribution is 5.80. The summed E-state index contributed by atoms with van der Waals surface area (Å²) >= 11 is 0. The van der Waals surface area contributed by atoms with E-state index in [0.29, 0.717) is 18.4 Å².